The first-order valence-electron chi connectivity index (χ1n) is 10.6. The second kappa shape index (κ2) is 6.62. The molecule has 2 saturated heterocycles. The lowest BCUT2D eigenvalue weighted by atomic mass is 9.76. The van der Waals surface area contributed by atoms with E-state index in [9.17, 15) is 9.59 Å². The summed E-state index contributed by atoms with van der Waals surface area (Å²) in [7, 11) is 0. The zero-order valence-corrected chi connectivity index (χ0v) is 15.9. The zero-order valence-electron chi connectivity index (χ0n) is 15.9. The van der Waals surface area contributed by atoms with Crippen molar-refractivity contribution in [3.05, 3.63) is 17.7 Å². The minimum Gasteiger partial charge on any atom is -0.348 e. The largest absolute Gasteiger partial charge is 0.348 e. The third-order valence-electron chi connectivity index (χ3n) is 7.24. The molecule has 5 rings (SSSR count). The highest BCUT2D eigenvalue weighted by atomic mass is 16.2. The maximum absolute atomic E-state index is 13.2. The molecule has 2 amide bonds. The monoisotopic (exact) mass is 371 g/mol. The number of carbonyl (C=O) groups excluding carboxylic acids is 2. The summed E-state index contributed by atoms with van der Waals surface area (Å²) in [4.78, 5) is 38.1. The van der Waals surface area contributed by atoms with Crippen LogP contribution >= 0.6 is 0 Å². The molecule has 7 heteroatoms. The Kier molecular flexibility index (Phi) is 4.22. The summed E-state index contributed by atoms with van der Waals surface area (Å²) in [6, 6.07) is -0.0148. The van der Waals surface area contributed by atoms with Gasteiger partial charge in [0.15, 0.2) is 0 Å². The number of imidazole rings is 1. The van der Waals surface area contributed by atoms with Gasteiger partial charge in [0.1, 0.15) is 0 Å². The third-order valence-corrected chi connectivity index (χ3v) is 7.24. The lowest BCUT2D eigenvalue weighted by Crippen LogP contribution is -2.61. The molecule has 0 unspecified atom stereocenters. The topological polar surface area (TPSA) is 81.3 Å². The number of rotatable bonds is 2. The van der Waals surface area contributed by atoms with Crippen LogP contribution in [0.15, 0.2) is 6.33 Å². The quantitative estimate of drug-likeness (QED) is 0.818. The predicted molar refractivity (Wildman–Crippen MR) is 99.9 cm³/mol. The SMILES string of the molecule is O=C([C@@H]1CCCN1)N1CCC2(CC1)c1nc[nH]c1CCN2C(=O)C1CCC1. The molecule has 1 aliphatic carbocycles. The number of amides is 2. The van der Waals surface area contributed by atoms with E-state index >= 15 is 0 Å². The van der Waals surface area contributed by atoms with Crippen molar-refractivity contribution in [1.29, 1.82) is 0 Å². The van der Waals surface area contributed by atoms with E-state index in [2.05, 4.69) is 20.2 Å². The Morgan fingerprint density at radius 1 is 1.07 bits per heavy atom. The number of nitrogens with one attached hydrogen (secondary N) is 2. The van der Waals surface area contributed by atoms with Crippen molar-refractivity contribution < 1.29 is 9.59 Å². The number of aromatic nitrogens is 2. The van der Waals surface area contributed by atoms with Crippen molar-refractivity contribution in [3.8, 4) is 0 Å². The standard InChI is InChI=1S/C20H29N5O2/c26-18(14-3-1-4-14)25-10-6-15-17(23-13-22-15)20(25)7-11-24(12-8-20)19(27)16-5-2-9-21-16/h13-14,16,21H,1-12H2,(H,22,23)/t16-/m0/s1. The fourth-order valence-electron chi connectivity index (χ4n) is 5.39. The summed E-state index contributed by atoms with van der Waals surface area (Å²) >= 11 is 0. The normalized spacial score (nSPS) is 27.5. The van der Waals surface area contributed by atoms with Crippen LogP contribution < -0.4 is 5.32 Å². The molecule has 1 spiro atoms. The first-order chi connectivity index (χ1) is 13.2. The van der Waals surface area contributed by atoms with Crippen LogP contribution in [0.3, 0.4) is 0 Å². The molecular weight excluding hydrogens is 342 g/mol. The number of carbonyl (C=O) groups is 2. The Labute approximate surface area is 159 Å². The summed E-state index contributed by atoms with van der Waals surface area (Å²) in [5, 5.41) is 3.32. The van der Waals surface area contributed by atoms with E-state index in [0.29, 0.717) is 19.0 Å². The fourth-order valence-corrected chi connectivity index (χ4v) is 5.39. The van der Waals surface area contributed by atoms with Crippen LogP contribution in [-0.2, 0) is 21.5 Å². The molecule has 1 saturated carbocycles. The summed E-state index contributed by atoms with van der Waals surface area (Å²) in [5.74, 6) is 0.745. The summed E-state index contributed by atoms with van der Waals surface area (Å²) in [6.07, 6.45) is 9.44. The van der Waals surface area contributed by atoms with E-state index in [1.807, 2.05) is 4.90 Å². The van der Waals surface area contributed by atoms with Gasteiger partial charge in [0.2, 0.25) is 11.8 Å². The molecular formula is C20H29N5O2. The molecule has 0 radical (unpaired) electrons. The van der Waals surface area contributed by atoms with Crippen molar-refractivity contribution in [1.82, 2.24) is 25.1 Å². The minimum absolute atomic E-state index is 0.0148. The molecule has 1 aromatic rings. The van der Waals surface area contributed by atoms with Crippen LogP contribution in [0.1, 0.15) is 56.3 Å². The zero-order chi connectivity index (χ0) is 18.4. The maximum Gasteiger partial charge on any atom is 0.239 e. The lowest BCUT2D eigenvalue weighted by molar-refractivity contribution is -0.151. The average Bonchev–Trinajstić information content (AvgIpc) is 3.33. The van der Waals surface area contributed by atoms with Gasteiger partial charge in [-0.15, -0.1) is 0 Å². The molecule has 27 heavy (non-hydrogen) atoms. The number of piperidine rings is 1. The van der Waals surface area contributed by atoms with Gasteiger partial charge in [-0.3, -0.25) is 9.59 Å². The van der Waals surface area contributed by atoms with Gasteiger partial charge in [-0.2, -0.15) is 0 Å². The second-order valence-electron chi connectivity index (χ2n) is 8.60. The molecule has 3 aliphatic heterocycles. The molecule has 4 heterocycles. The van der Waals surface area contributed by atoms with Crippen molar-refractivity contribution >= 4 is 11.8 Å². The smallest absolute Gasteiger partial charge is 0.239 e. The maximum atomic E-state index is 13.2. The third kappa shape index (κ3) is 2.70. The van der Waals surface area contributed by atoms with Crippen LogP contribution in [0, 0.1) is 5.92 Å². The van der Waals surface area contributed by atoms with Crippen molar-refractivity contribution in [2.24, 2.45) is 5.92 Å². The minimum atomic E-state index is -0.333. The summed E-state index contributed by atoms with van der Waals surface area (Å²) < 4.78 is 0. The number of aromatic amines is 1. The number of H-pyrrole nitrogens is 1. The Balaban J connectivity index is 1.38. The summed E-state index contributed by atoms with van der Waals surface area (Å²) in [5.41, 5.74) is 1.89. The average molecular weight is 371 g/mol. The number of fused-ring (bicyclic) bond motifs is 2. The second-order valence-corrected chi connectivity index (χ2v) is 8.60. The van der Waals surface area contributed by atoms with E-state index in [1.165, 1.54) is 12.1 Å². The summed E-state index contributed by atoms with van der Waals surface area (Å²) in [6.45, 7) is 3.12. The molecule has 0 aromatic carbocycles. The van der Waals surface area contributed by atoms with Crippen LogP contribution in [0.2, 0.25) is 0 Å². The Morgan fingerprint density at radius 3 is 2.56 bits per heavy atom. The van der Waals surface area contributed by atoms with Gasteiger partial charge in [-0.1, -0.05) is 6.42 Å². The highest BCUT2D eigenvalue weighted by molar-refractivity contribution is 5.83. The highest BCUT2D eigenvalue weighted by Crippen LogP contribution is 2.44. The van der Waals surface area contributed by atoms with Gasteiger partial charge >= 0.3 is 0 Å². The molecule has 1 atom stereocenters. The van der Waals surface area contributed by atoms with Crippen LogP contribution in [-0.4, -0.2) is 63.8 Å². The molecule has 7 nitrogen and oxygen atoms in total. The number of hydrogen-bond donors (Lipinski definition) is 2. The first-order valence-corrected chi connectivity index (χ1v) is 10.6. The van der Waals surface area contributed by atoms with Crippen molar-refractivity contribution in [3.63, 3.8) is 0 Å². The highest BCUT2D eigenvalue weighted by Gasteiger charge is 2.50. The van der Waals surface area contributed by atoms with Crippen molar-refractivity contribution in [2.45, 2.75) is 62.9 Å². The van der Waals surface area contributed by atoms with Crippen LogP contribution in [0.5, 0.6) is 0 Å². The molecule has 4 aliphatic rings. The predicted octanol–water partition coefficient (Wildman–Crippen LogP) is 1.16. The molecule has 1 aromatic heterocycles. The van der Waals surface area contributed by atoms with Gasteiger partial charge in [0.25, 0.3) is 0 Å². The van der Waals surface area contributed by atoms with Gasteiger partial charge in [0, 0.05) is 37.7 Å². The molecule has 2 N–H and O–H groups in total. The molecule has 146 valence electrons. The van der Waals surface area contributed by atoms with E-state index in [0.717, 1.165) is 63.7 Å². The van der Waals surface area contributed by atoms with E-state index in [4.69, 9.17) is 0 Å². The number of likely N-dealkylation sites (tertiary alicyclic amines) is 1. The van der Waals surface area contributed by atoms with Gasteiger partial charge in [-0.05, 0) is 45.1 Å². The van der Waals surface area contributed by atoms with Crippen LogP contribution in [0.4, 0.5) is 0 Å². The van der Waals surface area contributed by atoms with Crippen molar-refractivity contribution in [2.75, 3.05) is 26.2 Å². The molecule has 0 bridgehead atoms. The van der Waals surface area contributed by atoms with E-state index in [1.54, 1.807) is 6.33 Å². The first kappa shape index (κ1) is 17.2. The number of nitrogens with zero attached hydrogens (tertiary/aromatic N) is 3. The lowest BCUT2D eigenvalue weighted by Gasteiger charge is -2.52. The fraction of sp³-hybridized carbons (Fsp3) is 0.750. The Hall–Kier alpha value is -1.89. The molecule has 3 fully saturated rings. The van der Waals surface area contributed by atoms with Crippen LogP contribution in [0.25, 0.3) is 0 Å². The number of hydrogen-bond acceptors (Lipinski definition) is 4. The Bertz CT molecular complexity index is 726. The Morgan fingerprint density at radius 2 is 1.89 bits per heavy atom. The van der Waals surface area contributed by atoms with E-state index in [-0.39, 0.29) is 23.4 Å². The van der Waals surface area contributed by atoms with E-state index < -0.39 is 0 Å². The van der Waals surface area contributed by atoms with Gasteiger partial charge in [0.05, 0.1) is 23.6 Å². The van der Waals surface area contributed by atoms with Gasteiger partial charge in [-0.25, -0.2) is 4.98 Å². The van der Waals surface area contributed by atoms with Gasteiger partial charge < -0.3 is 20.1 Å².